The Balaban J connectivity index is 0.00000289. The summed E-state index contributed by atoms with van der Waals surface area (Å²) in [6.45, 7) is 0. The fourth-order valence-corrected chi connectivity index (χ4v) is 1.43. The Kier molecular flexibility index (Phi) is 6.29. The van der Waals surface area contributed by atoms with Gasteiger partial charge in [0.1, 0.15) is 23.3 Å². The highest BCUT2D eigenvalue weighted by Crippen LogP contribution is 2.37. The van der Waals surface area contributed by atoms with Gasteiger partial charge in [0.2, 0.25) is 0 Å². The average molecular weight is 278 g/mol. The smallest absolute Gasteiger partial charge is 0.327 e. The second-order valence-corrected chi connectivity index (χ2v) is 3.26. The lowest BCUT2D eigenvalue weighted by atomic mass is 10.0. The first-order valence-electron chi connectivity index (χ1n) is 4.83. The van der Waals surface area contributed by atoms with Crippen molar-refractivity contribution < 1.29 is 24.1 Å². The van der Waals surface area contributed by atoms with E-state index in [-0.39, 0.29) is 29.5 Å². The molecule has 0 spiro atoms. The summed E-state index contributed by atoms with van der Waals surface area (Å²) in [4.78, 5) is 11.3. The summed E-state index contributed by atoms with van der Waals surface area (Å²) < 4.78 is 14.5. The van der Waals surface area contributed by atoms with E-state index in [4.69, 9.17) is 15.2 Å². The van der Waals surface area contributed by atoms with Crippen LogP contribution in [0.5, 0.6) is 17.2 Å². The molecule has 0 saturated heterocycles. The first-order chi connectivity index (χ1) is 8.04. The minimum atomic E-state index is -1.11. The molecule has 0 saturated carbocycles. The van der Waals surface area contributed by atoms with Gasteiger partial charge in [-0.3, -0.25) is 0 Å². The molecule has 0 aromatic heterocycles. The van der Waals surface area contributed by atoms with Crippen LogP contribution in [0, 0.1) is 0 Å². The van der Waals surface area contributed by atoms with Gasteiger partial charge in [-0.15, -0.1) is 12.4 Å². The molecule has 6 nitrogen and oxygen atoms in total. The number of hydrogen-bond acceptors (Lipinski definition) is 6. The molecule has 0 unspecified atom stereocenters. The van der Waals surface area contributed by atoms with Crippen LogP contribution in [0.4, 0.5) is 0 Å². The summed E-state index contributed by atoms with van der Waals surface area (Å²) >= 11 is 0. The Labute approximate surface area is 111 Å². The van der Waals surface area contributed by atoms with E-state index in [1.807, 2.05) is 0 Å². The van der Waals surface area contributed by atoms with Gasteiger partial charge in [0.25, 0.3) is 0 Å². The van der Waals surface area contributed by atoms with E-state index in [2.05, 4.69) is 4.74 Å². The lowest BCUT2D eigenvalue weighted by molar-refractivity contribution is -0.142. The molecule has 102 valence electrons. The normalized spacial score (nSPS) is 11.1. The number of benzene rings is 1. The number of ether oxygens (including phenoxy) is 3. The molecule has 3 N–H and O–H groups in total. The minimum absolute atomic E-state index is 0. The van der Waals surface area contributed by atoms with E-state index in [1.165, 1.54) is 33.5 Å². The van der Waals surface area contributed by atoms with Crippen molar-refractivity contribution in [2.75, 3.05) is 21.3 Å². The van der Waals surface area contributed by atoms with Gasteiger partial charge in [-0.05, 0) is 0 Å². The molecule has 0 aliphatic heterocycles. The lowest BCUT2D eigenvalue weighted by Crippen LogP contribution is -2.23. The SMILES string of the molecule is COC(=O)[C@@H](N)c1c(O)cc(OC)cc1OC.Cl. The molecule has 1 rings (SSSR count). The number of aromatic hydroxyl groups is 1. The summed E-state index contributed by atoms with van der Waals surface area (Å²) in [5, 5.41) is 9.80. The molecule has 0 heterocycles. The van der Waals surface area contributed by atoms with Crippen LogP contribution >= 0.6 is 12.4 Å². The van der Waals surface area contributed by atoms with E-state index >= 15 is 0 Å². The molecule has 1 atom stereocenters. The van der Waals surface area contributed by atoms with Crippen LogP contribution in [0.3, 0.4) is 0 Å². The maximum absolute atomic E-state index is 11.3. The van der Waals surface area contributed by atoms with Gasteiger partial charge in [-0.2, -0.15) is 0 Å². The molecule has 1 aromatic rings. The van der Waals surface area contributed by atoms with Gasteiger partial charge in [0, 0.05) is 12.1 Å². The standard InChI is InChI=1S/C11H15NO5.ClH/c1-15-6-4-7(13)9(8(5-6)16-2)10(12)11(14)17-3;/h4-5,10,13H,12H2,1-3H3;1H/t10-;/m0./s1. The van der Waals surface area contributed by atoms with Crippen molar-refractivity contribution in [1.82, 2.24) is 0 Å². The van der Waals surface area contributed by atoms with E-state index in [0.717, 1.165) is 0 Å². The first-order valence-corrected chi connectivity index (χ1v) is 4.83. The number of esters is 1. The number of carbonyl (C=O) groups excluding carboxylic acids is 1. The van der Waals surface area contributed by atoms with Crippen LogP contribution < -0.4 is 15.2 Å². The van der Waals surface area contributed by atoms with E-state index in [1.54, 1.807) is 0 Å². The Morgan fingerprint density at radius 3 is 2.33 bits per heavy atom. The summed E-state index contributed by atoms with van der Waals surface area (Å²) in [7, 11) is 4.07. The van der Waals surface area contributed by atoms with Crippen LogP contribution in [0.25, 0.3) is 0 Å². The van der Waals surface area contributed by atoms with E-state index in [9.17, 15) is 9.90 Å². The van der Waals surface area contributed by atoms with Crippen LogP contribution in [0.1, 0.15) is 11.6 Å². The Morgan fingerprint density at radius 2 is 1.89 bits per heavy atom. The summed E-state index contributed by atoms with van der Waals surface area (Å²) in [5.41, 5.74) is 5.83. The largest absolute Gasteiger partial charge is 0.507 e. The fourth-order valence-electron chi connectivity index (χ4n) is 1.43. The van der Waals surface area contributed by atoms with Crippen LogP contribution in [0.2, 0.25) is 0 Å². The maximum atomic E-state index is 11.3. The number of nitrogens with two attached hydrogens (primary N) is 1. The predicted molar refractivity (Wildman–Crippen MR) is 67.4 cm³/mol. The molecule has 0 aliphatic rings. The third-order valence-corrected chi connectivity index (χ3v) is 2.32. The number of rotatable bonds is 4. The van der Waals surface area contributed by atoms with Gasteiger partial charge >= 0.3 is 5.97 Å². The predicted octanol–water partition coefficient (Wildman–Crippen LogP) is 1.00. The molecular formula is C11H16ClNO5. The summed E-state index contributed by atoms with van der Waals surface area (Å²) in [5.74, 6) is -0.178. The number of halogens is 1. The quantitative estimate of drug-likeness (QED) is 0.798. The van der Waals surface area contributed by atoms with Gasteiger partial charge < -0.3 is 25.1 Å². The fraction of sp³-hybridized carbons (Fsp3) is 0.364. The average Bonchev–Trinajstić information content (AvgIpc) is 2.35. The Morgan fingerprint density at radius 1 is 1.28 bits per heavy atom. The third kappa shape index (κ3) is 3.18. The Bertz CT molecular complexity index is 424. The topological polar surface area (TPSA) is 91.0 Å². The van der Waals surface area contributed by atoms with Crippen LogP contribution in [0.15, 0.2) is 12.1 Å². The highest BCUT2D eigenvalue weighted by molar-refractivity contribution is 5.85. The maximum Gasteiger partial charge on any atom is 0.327 e. The zero-order valence-electron chi connectivity index (χ0n) is 10.3. The van der Waals surface area contributed by atoms with Crippen molar-refractivity contribution in [2.45, 2.75) is 6.04 Å². The number of phenols is 1. The van der Waals surface area contributed by atoms with Crippen molar-refractivity contribution >= 4 is 18.4 Å². The number of hydrogen-bond donors (Lipinski definition) is 2. The number of methoxy groups -OCH3 is 3. The van der Waals surface area contributed by atoms with E-state index < -0.39 is 12.0 Å². The highest BCUT2D eigenvalue weighted by atomic mass is 35.5. The van der Waals surface area contributed by atoms with Crippen molar-refractivity contribution in [3.05, 3.63) is 17.7 Å². The second kappa shape index (κ2) is 6.93. The second-order valence-electron chi connectivity index (χ2n) is 3.26. The van der Waals surface area contributed by atoms with Gasteiger partial charge in [0.15, 0.2) is 0 Å². The number of carbonyl (C=O) groups is 1. The van der Waals surface area contributed by atoms with Crippen LogP contribution in [-0.4, -0.2) is 32.4 Å². The molecule has 1 aromatic carbocycles. The molecule has 0 fully saturated rings. The van der Waals surface area contributed by atoms with Gasteiger partial charge in [0.05, 0.1) is 26.9 Å². The number of phenolic OH excluding ortho intramolecular Hbond substituents is 1. The first kappa shape index (κ1) is 16.3. The molecular weight excluding hydrogens is 262 g/mol. The lowest BCUT2D eigenvalue weighted by Gasteiger charge is -2.16. The monoisotopic (exact) mass is 277 g/mol. The zero-order chi connectivity index (χ0) is 13.0. The molecule has 0 bridgehead atoms. The van der Waals surface area contributed by atoms with Crippen LogP contribution in [-0.2, 0) is 9.53 Å². The zero-order valence-corrected chi connectivity index (χ0v) is 11.1. The Hall–Kier alpha value is -1.66. The van der Waals surface area contributed by atoms with Gasteiger partial charge in [-0.25, -0.2) is 4.79 Å². The van der Waals surface area contributed by atoms with Crippen molar-refractivity contribution in [3.63, 3.8) is 0 Å². The van der Waals surface area contributed by atoms with E-state index in [0.29, 0.717) is 5.75 Å². The van der Waals surface area contributed by atoms with Crippen molar-refractivity contribution in [3.8, 4) is 17.2 Å². The van der Waals surface area contributed by atoms with Crippen molar-refractivity contribution in [2.24, 2.45) is 5.73 Å². The van der Waals surface area contributed by atoms with Gasteiger partial charge in [-0.1, -0.05) is 0 Å². The molecule has 0 amide bonds. The van der Waals surface area contributed by atoms with Crippen molar-refractivity contribution in [1.29, 1.82) is 0 Å². The minimum Gasteiger partial charge on any atom is -0.507 e. The molecule has 0 radical (unpaired) electrons. The molecule has 7 heteroatoms. The third-order valence-electron chi connectivity index (χ3n) is 2.32. The molecule has 18 heavy (non-hydrogen) atoms. The summed E-state index contributed by atoms with van der Waals surface area (Å²) in [6, 6.07) is 1.76. The highest BCUT2D eigenvalue weighted by Gasteiger charge is 2.25. The molecule has 0 aliphatic carbocycles. The summed E-state index contributed by atoms with van der Waals surface area (Å²) in [6.07, 6.45) is 0.